The number of nitrogens with one attached hydrogen (secondary N) is 3. The maximum atomic E-state index is 13.6. The number of aromatic nitrogens is 2. The Morgan fingerprint density at radius 2 is 1.63 bits per heavy atom. The first-order valence-electron chi connectivity index (χ1n) is 15.2. The third-order valence-electron chi connectivity index (χ3n) is 6.90. The Morgan fingerprint density at radius 1 is 0.957 bits per heavy atom. The highest BCUT2D eigenvalue weighted by molar-refractivity contribution is 5.98. The van der Waals surface area contributed by atoms with Gasteiger partial charge in [0.1, 0.15) is 22.9 Å². The van der Waals surface area contributed by atoms with E-state index in [2.05, 4.69) is 20.9 Å². The van der Waals surface area contributed by atoms with Crippen LogP contribution in [0.15, 0.2) is 67.1 Å². The van der Waals surface area contributed by atoms with Crippen molar-refractivity contribution in [2.45, 2.75) is 84.0 Å². The molecule has 12 heteroatoms. The van der Waals surface area contributed by atoms with E-state index in [4.69, 9.17) is 14.2 Å². The van der Waals surface area contributed by atoms with Crippen LogP contribution in [0.2, 0.25) is 0 Å². The molecule has 3 rings (SSSR count). The predicted octanol–water partition coefficient (Wildman–Crippen LogP) is 4.79. The van der Waals surface area contributed by atoms with Gasteiger partial charge in [0, 0.05) is 6.20 Å². The van der Waals surface area contributed by atoms with Crippen LogP contribution in [0.25, 0.3) is 0 Å². The molecular formula is C34H45N5O7. The third-order valence-corrected chi connectivity index (χ3v) is 6.90. The van der Waals surface area contributed by atoms with Gasteiger partial charge in [0.05, 0.1) is 20.0 Å². The van der Waals surface area contributed by atoms with Crippen molar-refractivity contribution >= 4 is 29.7 Å². The first kappa shape index (κ1) is 35.6. The van der Waals surface area contributed by atoms with E-state index >= 15 is 0 Å². The Bertz CT molecular complexity index is 1460. The monoisotopic (exact) mass is 635 g/mol. The average Bonchev–Trinajstić information content (AvgIpc) is 3.43. The van der Waals surface area contributed by atoms with Crippen LogP contribution in [0.5, 0.6) is 5.75 Å². The van der Waals surface area contributed by atoms with E-state index in [0.29, 0.717) is 30.6 Å². The zero-order valence-corrected chi connectivity index (χ0v) is 27.6. The average molecular weight is 636 g/mol. The van der Waals surface area contributed by atoms with Crippen LogP contribution < -0.4 is 20.7 Å². The second-order valence-electron chi connectivity index (χ2n) is 12.3. The molecule has 1 aromatic heterocycles. The number of alkyl carbamates (subject to hydrolysis) is 1. The minimum absolute atomic E-state index is 0.182. The van der Waals surface area contributed by atoms with E-state index in [1.54, 1.807) is 63.6 Å². The molecule has 0 fully saturated rings. The lowest BCUT2D eigenvalue weighted by Gasteiger charge is -2.29. The Morgan fingerprint density at radius 3 is 2.24 bits per heavy atom. The Labute approximate surface area is 270 Å². The molecule has 2 unspecified atom stereocenters. The SMILES string of the molecule is CCOC(=O)C(c1ccc(OC)cc1)n1cnc(NC(=O)C(CCCc2ccccc2)NC(=O)C(C)(C)NC(=O)OC(C)(C)C)c1. The van der Waals surface area contributed by atoms with E-state index < -0.39 is 47.1 Å². The number of imidazole rings is 1. The Hall–Kier alpha value is -4.87. The summed E-state index contributed by atoms with van der Waals surface area (Å²) in [6, 6.07) is 15.0. The molecule has 46 heavy (non-hydrogen) atoms. The lowest BCUT2D eigenvalue weighted by atomic mass is 10.0. The number of amides is 3. The molecule has 248 valence electrons. The van der Waals surface area contributed by atoms with Crippen LogP contribution in [0, 0.1) is 0 Å². The lowest BCUT2D eigenvalue weighted by Crippen LogP contribution is -2.58. The number of benzene rings is 2. The van der Waals surface area contributed by atoms with Crippen molar-refractivity contribution < 1.29 is 33.4 Å². The second kappa shape index (κ2) is 15.9. The molecule has 2 aromatic carbocycles. The fourth-order valence-electron chi connectivity index (χ4n) is 4.57. The second-order valence-corrected chi connectivity index (χ2v) is 12.3. The van der Waals surface area contributed by atoms with Gasteiger partial charge in [0.2, 0.25) is 11.8 Å². The fraction of sp³-hybridized carbons (Fsp3) is 0.441. The highest BCUT2D eigenvalue weighted by Crippen LogP contribution is 2.24. The van der Waals surface area contributed by atoms with Gasteiger partial charge in [-0.25, -0.2) is 14.6 Å². The predicted molar refractivity (Wildman–Crippen MR) is 173 cm³/mol. The molecular weight excluding hydrogens is 590 g/mol. The number of rotatable bonds is 14. The normalized spacial score (nSPS) is 12.8. The molecule has 2 atom stereocenters. The Kier molecular flexibility index (Phi) is 12.3. The highest BCUT2D eigenvalue weighted by Gasteiger charge is 2.34. The topological polar surface area (TPSA) is 150 Å². The van der Waals surface area contributed by atoms with Gasteiger partial charge in [-0.1, -0.05) is 42.5 Å². The summed E-state index contributed by atoms with van der Waals surface area (Å²) in [5.41, 5.74) is -0.394. The smallest absolute Gasteiger partial charge is 0.408 e. The highest BCUT2D eigenvalue weighted by atomic mass is 16.6. The minimum atomic E-state index is -1.38. The minimum Gasteiger partial charge on any atom is -0.497 e. The summed E-state index contributed by atoms with van der Waals surface area (Å²) >= 11 is 0. The van der Waals surface area contributed by atoms with Gasteiger partial charge in [-0.3, -0.25) is 9.59 Å². The number of hydrogen-bond acceptors (Lipinski definition) is 8. The van der Waals surface area contributed by atoms with Gasteiger partial charge in [-0.15, -0.1) is 0 Å². The number of anilines is 1. The van der Waals surface area contributed by atoms with Crippen molar-refractivity contribution in [3.63, 3.8) is 0 Å². The Balaban J connectivity index is 1.79. The van der Waals surface area contributed by atoms with E-state index in [1.807, 2.05) is 30.3 Å². The molecule has 1 heterocycles. The number of esters is 1. The maximum Gasteiger partial charge on any atom is 0.408 e. The molecule has 12 nitrogen and oxygen atoms in total. The maximum absolute atomic E-state index is 13.6. The number of nitrogens with zero attached hydrogens (tertiary/aromatic N) is 2. The summed E-state index contributed by atoms with van der Waals surface area (Å²) in [4.78, 5) is 56.6. The lowest BCUT2D eigenvalue weighted by molar-refractivity contribution is -0.145. The summed E-state index contributed by atoms with van der Waals surface area (Å²) in [6.07, 6.45) is 3.80. The standard InChI is InChI=1S/C34H45N5O7/c1-8-45-30(41)28(24-17-19-25(44-7)20-18-24)39-21-27(35-22-39)37-29(40)26(16-12-15-23-13-10-9-11-14-23)36-31(42)34(5,6)38-32(43)46-33(2,3)4/h9-11,13-14,17-22,26,28H,8,12,15-16H2,1-7H3,(H,36,42)(H,37,40)(H,38,43). The quantitative estimate of drug-likeness (QED) is 0.214. The van der Waals surface area contributed by atoms with Gasteiger partial charge < -0.3 is 34.7 Å². The van der Waals surface area contributed by atoms with Gasteiger partial charge >= 0.3 is 12.1 Å². The molecule has 3 amide bonds. The van der Waals surface area contributed by atoms with E-state index in [9.17, 15) is 19.2 Å². The van der Waals surface area contributed by atoms with E-state index in [1.165, 1.54) is 26.4 Å². The van der Waals surface area contributed by atoms with Crippen molar-refractivity contribution in [3.05, 3.63) is 78.2 Å². The van der Waals surface area contributed by atoms with Crippen molar-refractivity contribution in [2.75, 3.05) is 19.0 Å². The van der Waals surface area contributed by atoms with Crippen LogP contribution in [0.3, 0.4) is 0 Å². The van der Waals surface area contributed by atoms with E-state index in [-0.39, 0.29) is 12.4 Å². The molecule has 0 aliphatic heterocycles. The van der Waals surface area contributed by atoms with Gasteiger partial charge in [0.15, 0.2) is 11.9 Å². The summed E-state index contributed by atoms with van der Waals surface area (Å²) in [6.45, 7) is 10.1. The van der Waals surface area contributed by atoms with E-state index in [0.717, 1.165) is 5.56 Å². The van der Waals surface area contributed by atoms with Crippen LogP contribution in [0.4, 0.5) is 10.6 Å². The fourth-order valence-corrected chi connectivity index (χ4v) is 4.57. The number of methoxy groups -OCH3 is 1. The molecule has 3 aromatic rings. The zero-order valence-electron chi connectivity index (χ0n) is 27.6. The first-order valence-corrected chi connectivity index (χ1v) is 15.2. The number of ether oxygens (including phenoxy) is 3. The number of carbonyl (C=O) groups excluding carboxylic acids is 4. The van der Waals surface area contributed by atoms with Gasteiger partial charge in [-0.2, -0.15) is 0 Å². The van der Waals surface area contributed by atoms with Crippen LogP contribution in [0.1, 0.15) is 71.6 Å². The van der Waals surface area contributed by atoms with Crippen molar-refractivity contribution in [3.8, 4) is 5.75 Å². The van der Waals surface area contributed by atoms with Crippen molar-refractivity contribution in [1.29, 1.82) is 0 Å². The molecule has 0 saturated heterocycles. The molecule has 3 N–H and O–H groups in total. The molecule has 0 spiro atoms. The number of carbonyl (C=O) groups is 4. The van der Waals surface area contributed by atoms with Crippen LogP contribution in [-0.4, -0.2) is 64.3 Å². The number of hydrogen-bond donors (Lipinski definition) is 3. The van der Waals surface area contributed by atoms with Crippen LogP contribution >= 0.6 is 0 Å². The van der Waals surface area contributed by atoms with Crippen molar-refractivity contribution in [1.82, 2.24) is 20.2 Å². The van der Waals surface area contributed by atoms with Gasteiger partial charge in [-0.05, 0) is 84.1 Å². The summed E-state index contributed by atoms with van der Waals surface area (Å²) in [5, 5.41) is 8.13. The largest absolute Gasteiger partial charge is 0.497 e. The summed E-state index contributed by atoms with van der Waals surface area (Å²) in [7, 11) is 1.55. The molecule has 0 saturated carbocycles. The molecule has 0 aliphatic carbocycles. The third kappa shape index (κ3) is 10.6. The molecule has 0 bridgehead atoms. The molecule has 0 aliphatic rings. The first-order chi connectivity index (χ1) is 21.7. The molecule has 0 radical (unpaired) electrons. The number of aryl methyl sites for hydroxylation is 1. The van der Waals surface area contributed by atoms with Crippen molar-refractivity contribution in [2.24, 2.45) is 0 Å². The van der Waals surface area contributed by atoms with Gasteiger partial charge in [0.25, 0.3) is 0 Å². The summed E-state index contributed by atoms with van der Waals surface area (Å²) in [5.74, 6) is -0.743. The zero-order chi connectivity index (χ0) is 33.9. The van der Waals surface area contributed by atoms with Crippen LogP contribution in [-0.2, 0) is 30.3 Å². The summed E-state index contributed by atoms with van der Waals surface area (Å²) < 4.78 is 17.4.